The third kappa shape index (κ3) is 2.52. The van der Waals surface area contributed by atoms with Crippen LogP contribution in [0.2, 0.25) is 20.1 Å². The molecular formula is C7H5Cl4NO2S. The summed E-state index contributed by atoms with van der Waals surface area (Å²) in [4.78, 5) is -0.203. The monoisotopic (exact) mass is 307 g/mol. The highest BCUT2D eigenvalue weighted by Crippen LogP contribution is 2.39. The van der Waals surface area contributed by atoms with Gasteiger partial charge in [0.1, 0.15) is 4.90 Å². The summed E-state index contributed by atoms with van der Waals surface area (Å²) in [7, 11) is -2.45. The van der Waals surface area contributed by atoms with E-state index in [2.05, 4.69) is 4.72 Å². The molecule has 0 aromatic heterocycles. The average Bonchev–Trinajstić information content (AvgIpc) is 2.20. The van der Waals surface area contributed by atoms with E-state index in [-0.39, 0.29) is 25.0 Å². The van der Waals surface area contributed by atoms with Gasteiger partial charge in [0.25, 0.3) is 0 Å². The van der Waals surface area contributed by atoms with Crippen LogP contribution in [0.1, 0.15) is 0 Å². The summed E-state index contributed by atoms with van der Waals surface area (Å²) < 4.78 is 25.1. The largest absolute Gasteiger partial charge is 0.241 e. The van der Waals surface area contributed by atoms with Crippen molar-refractivity contribution in [3.63, 3.8) is 0 Å². The van der Waals surface area contributed by atoms with Crippen LogP contribution in [0.15, 0.2) is 11.0 Å². The lowest BCUT2D eigenvalue weighted by atomic mass is 10.3. The second kappa shape index (κ2) is 4.65. The molecule has 0 fully saturated rings. The van der Waals surface area contributed by atoms with Crippen molar-refractivity contribution in [2.75, 3.05) is 7.05 Å². The summed E-state index contributed by atoms with van der Waals surface area (Å²) in [6.07, 6.45) is 0. The summed E-state index contributed by atoms with van der Waals surface area (Å²) in [5, 5.41) is -0.182. The molecule has 0 amide bonds. The highest BCUT2D eigenvalue weighted by molar-refractivity contribution is 7.89. The van der Waals surface area contributed by atoms with Crippen LogP contribution < -0.4 is 4.72 Å². The molecule has 0 aliphatic heterocycles. The molecule has 0 spiro atoms. The maximum absolute atomic E-state index is 11.5. The molecule has 0 atom stereocenters. The zero-order chi connectivity index (χ0) is 11.8. The second-order valence-corrected chi connectivity index (χ2v) is 5.90. The smallest absolute Gasteiger partial charge is 0.214 e. The number of hydrogen-bond donors (Lipinski definition) is 1. The fourth-order valence-corrected chi connectivity index (χ4v) is 2.92. The molecule has 1 rings (SSSR count). The first-order chi connectivity index (χ1) is 6.81. The van der Waals surface area contributed by atoms with Crippen molar-refractivity contribution < 1.29 is 8.42 Å². The normalized spacial score (nSPS) is 11.8. The van der Waals surface area contributed by atoms with Crippen LogP contribution in [0.5, 0.6) is 0 Å². The summed E-state index contributed by atoms with van der Waals surface area (Å²) in [5.41, 5.74) is 0. The zero-order valence-electron chi connectivity index (χ0n) is 7.31. The van der Waals surface area contributed by atoms with Gasteiger partial charge in [-0.2, -0.15) is 0 Å². The molecular weight excluding hydrogens is 304 g/mol. The maximum atomic E-state index is 11.5. The van der Waals surface area contributed by atoms with Gasteiger partial charge in [-0.1, -0.05) is 46.4 Å². The van der Waals surface area contributed by atoms with Gasteiger partial charge in [-0.15, -0.1) is 0 Å². The summed E-state index contributed by atoms with van der Waals surface area (Å²) in [6.45, 7) is 0. The van der Waals surface area contributed by atoms with Gasteiger partial charge >= 0.3 is 0 Å². The van der Waals surface area contributed by atoms with Gasteiger partial charge < -0.3 is 0 Å². The molecule has 84 valence electrons. The third-order valence-electron chi connectivity index (χ3n) is 1.63. The van der Waals surface area contributed by atoms with Crippen molar-refractivity contribution in [1.29, 1.82) is 0 Å². The lowest BCUT2D eigenvalue weighted by Crippen LogP contribution is -2.19. The van der Waals surface area contributed by atoms with E-state index in [9.17, 15) is 8.42 Å². The molecule has 3 nitrogen and oxygen atoms in total. The average molecular weight is 309 g/mol. The van der Waals surface area contributed by atoms with E-state index in [1.54, 1.807) is 0 Å². The van der Waals surface area contributed by atoms with E-state index in [0.717, 1.165) is 6.07 Å². The van der Waals surface area contributed by atoms with Gasteiger partial charge in [0.15, 0.2) is 0 Å². The molecule has 0 radical (unpaired) electrons. The number of benzene rings is 1. The van der Waals surface area contributed by atoms with Crippen molar-refractivity contribution in [3.05, 3.63) is 26.2 Å². The minimum atomic E-state index is -3.70. The molecule has 0 unspecified atom stereocenters. The van der Waals surface area contributed by atoms with Crippen molar-refractivity contribution in [2.24, 2.45) is 0 Å². The summed E-state index contributed by atoms with van der Waals surface area (Å²) in [5.74, 6) is 0. The van der Waals surface area contributed by atoms with Crippen LogP contribution in [0.4, 0.5) is 0 Å². The summed E-state index contributed by atoms with van der Waals surface area (Å²) >= 11 is 22.8. The molecule has 8 heteroatoms. The van der Waals surface area contributed by atoms with Crippen LogP contribution in [-0.4, -0.2) is 15.5 Å². The van der Waals surface area contributed by atoms with E-state index < -0.39 is 10.0 Å². The standard InChI is InChI=1S/C7H5Cl4NO2S/c1-12-15(13,14)4-2-3(8)5(9)7(11)6(4)10/h2,12H,1H3. The van der Waals surface area contributed by atoms with E-state index in [0.29, 0.717) is 0 Å². The van der Waals surface area contributed by atoms with Gasteiger partial charge in [-0.25, -0.2) is 13.1 Å². The Labute approximate surface area is 107 Å². The van der Waals surface area contributed by atoms with E-state index >= 15 is 0 Å². The Balaban J connectivity index is 3.60. The van der Waals surface area contributed by atoms with Crippen molar-refractivity contribution in [2.45, 2.75) is 4.90 Å². The van der Waals surface area contributed by atoms with E-state index in [1.165, 1.54) is 7.05 Å². The number of sulfonamides is 1. The van der Waals surface area contributed by atoms with Crippen molar-refractivity contribution in [3.8, 4) is 0 Å². The van der Waals surface area contributed by atoms with Crippen LogP contribution in [-0.2, 0) is 10.0 Å². The van der Waals surface area contributed by atoms with Gasteiger partial charge in [0.2, 0.25) is 10.0 Å². The lowest BCUT2D eigenvalue weighted by Gasteiger charge is -2.08. The minimum absolute atomic E-state index is 0.0263. The zero-order valence-corrected chi connectivity index (χ0v) is 11.2. The van der Waals surface area contributed by atoms with Crippen molar-refractivity contribution >= 4 is 56.4 Å². The number of rotatable bonds is 2. The fraction of sp³-hybridized carbons (Fsp3) is 0.143. The number of hydrogen-bond acceptors (Lipinski definition) is 2. The second-order valence-electron chi connectivity index (χ2n) is 2.51. The predicted octanol–water partition coefficient (Wildman–Crippen LogP) is 3.21. The van der Waals surface area contributed by atoms with Gasteiger partial charge in [-0.05, 0) is 13.1 Å². The summed E-state index contributed by atoms with van der Waals surface area (Å²) in [6, 6.07) is 1.14. The van der Waals surface area contributed by atoms with Gasteiger partial charge in [-0.3, -0.25) is 0 Å². The van der Waals surface area contributed by atoms with Crippen LogP contribution >= 0.6 is 46.4 Å². The topological polar surface area (TPSA) is 46.2 Å². The molecule has 1 aromatic rings. The molecule has 0 saturated heterocycles. The van der Waals surface area contributed by atoms with E-state index in [1.807, 2.05) is 0 Å². The predicted molar refractivity (Wildman–Crippen MR) is 62.7 cm³/mol. The van der Waals surface area contributed by atoms with E-state index in [4.69, 9.17) is 46.4 Å². The molecule has 0 bridgehead atoms. The Bertz CT molecular complexity index is 500. The highest BCUT2D eigenvalue weighted by atomic mass is 35.5. The molecule has 0 aliphatic carbocycles. The molecule has 15 heavy (non-hydrogen) atoms. The number of nitrogens with one attached hydrogen (secondary N) is 1. The SMILES string of the molecule is CNS(=O)(=O)c1cc(Cl)c(Cl)c(Cl)c1Cl. The first-order valence-electron chi connectivity index (χ1n) is 3.57. The maximum Gasteiger partial charge on any atom is 0.241 e. The lowest BCUT2D eigenvalue weighted by molar-refractivity contribution is 0.588. The van der Waals surface area contributed by atoms with Gasteiger partial charge in [0.05, 0.1) is 20.1 Å². The number of halogens is 4. The fourth-order valence-electron chi connectivity index (χ4n) is 0.857. The third-order valence-corrected chi connectivity index (χ3v) is 4.93. The Morgan fingerprint density at radius 1 is 1.07 bits per heavy atom. The first-order valence-corrected chi connectivity index (χ1v) is 6.57. The Morgan fingerprint density at radius 3 is 2.07 bits per heavy atom. The Hall–Kier alpha value is 0.290. The highest BCUT2D eigenvalue weighted by Gasteiger charge is 2.21. The quantitative estimate of drug-likeness (QED) is 0.673. The first kappa shape index (κ1) is 13.4. The minimum Gasteiger partial charge on any atom is -0.214 e. The Morgan fingerprint density at radius 2 is 1.60 bits per heavy atom. The van der Waals surface area contributed by atoms with Crippen LogP contribution in [0, 0.1) is 0 Å². The van der Waals surface area contributed by atoms with Gasteiger partial charge in [0, 0.05) is 0 Å². The molecule has 0 saturated carbocycles. The molecule has 0 heterocycles. The van der Waals surface area contributed by atoms with Crippen molar-refractivity contribution in [1.82, 2.24) is 4.72 Å². The molecule has 0 aliphatic rings. The Kier molecular flexibility index (Phi) is 4.14. The molecule has 1 aromatic carbocycles. The van der Waals surface area contributed by atoms with Crippen LogP contribution in [0.25, 0.3) is 0 Å². The molecule has 1 N–H and O–H groups in total. The van der Waals surface area contributed by atoms with Crippen LogP contribution in [0.3, 0.4) is 0 Å².